The van der Waals surface area contributed by atoms with Crippen LogP contribution in [-0.4, -0.2) is 16.8 Å². The van der Waals surface area contributed by atoms with Crippen molar-refractivity contribution in [2.45, 2.75) is 40.3 Å². The van der Waals surface area contributed by atoms with Crippen LogP contribution in [0.4, 0.5) is 0 Å². The van der Waals surface area contributed by atoms with Crippen LogP contribution in [0, 0.1) is 23.2 Å². The molecule has 0 spiro atoms. The second-order valence-electron chi connectivity index (χ2n) is 4.99. The van der Waals surface area contributed by atoms with Crippen molar-refractivity contribution in [2.24, 2.45) is 11.8 Å². The Labute approximate surface area is 113 Å². The second-order valence-corrected chi connectivity index (χ2v) is 6.02. The molecular weight excluding hydrogens is 244 g/mol. The first kappa shape index (κ1) is 14.7. The van der Waals surface area contributed by atoms with Crippen LogP contribution in [0.1, 0.15) is 32.6 Å². The number of carbonyl (C=O) groups is 1. The molecule has 3 nitrogen and oxygen atoms in total. The van der Waals surface area contributed by atoms with Crippen LogP contribution in [0.3, 0.4) is 0 Å². The van der Waals surface area contributed by atoms with Gasteiger partial charge in [0.2, 0.25) is 5.91 Å². The van der Waals surface area contributed by atoms with Crippen molar-refractivity contribution in [1.29, 1.82) is 5.26 Å². The van der Waals surface area contributed by atoms with E-state index < -0.39 is 5.92 Å². The van der Waals surface area contributed by atoms with Gasteiger partial charge in [0.1, 0.15) is 5.92 Å². The summed E-state index contributed by atoms with van der Waals surface area (Å²) in [5.41, 5.74) is 0. The lowest BCUT2D eigenvalue weighted by Crippen LogP contribution is -2.41. The first-order chi connectivity index (χ1) is 8.47. The van der Waals surface area contributed by atoms with Gasteiger partial charge in [0.15, 0.2) is 0 Å². The first-order valence-corrected chi connectivity index (χ1v) is 7.07. The standard InChI is InChI=1S/C14H20N2OS/c1-10(2)13(8-15)14(17)16(11(3)4)9-12-6-5-7-18-12/h5-7,10-11,13H,9H2,1-4H3. The van der Waals surface area contributed by atoms with Crippen molar-refractivity contribution >= 4 is 17.2 Å². The quantitative estimate of drug-likeness (QED) is 0.819. The van der Waals surface area contributed by atoms with Gasteiger partial charge in [0, 0.05) is 10.9 Å². The monoisotopic (exact) mass is 264 g/mol. The number of nitriles is 1. The van der Waals surface area contributed by atoms with Crippen molar-refractivity contribution < 1.29 is 4.79 Å². The third-order valence-corrected chi connectivity index (χ3v) is 3.75. The molecule has 0 aliphatic carbocycles. The smallest absolute Gasteiger partial charge is 0.240 e. The predicted octanol–water partition coefficient (Wildman–Crippen LogP) is 3.28. The Morgan fingerprint density at radius 1 is 1.44 bits per heavy atom. The molecule has 0 saturated heterocycles. The summed E-state index contributed by atoms with van der Waals surface area (Å²) in [5.74, 6) is -0.560. The van der Waals surface area contributed by atoms with E-state index in [1.54, 1.807) is 16.2 Å². The normalized spacial score (nSPS) is 12.5. The van der Waals surface area contributed by atoms with Crippen LogP contribution in [0.15, 0.2) is 17.5 Å². The zero-order valence-corrected chi connectivity index (χ0v) is 12.2. The number of hydrogen-bond acceptors (Lipinski definition) is 3. The fraction of sp³-hybridized carbons (Fsp3) is 0.571. The van der Waals surface area contributed by atoms with E-state index in [-0.39, 0.29) is 17.9 Å². The zero-order chi connectivity index (χ0) is 13.7. The van der Waals surface area contributed by atoms with Gasteiger partial charge in [-0.1, -0.05) is 19.9 Å². The van der Waals surface area contributed by atoms with Gasteiger partial charge in [-0.2, -0.15) is 5.26 Å². The number of thiophene rings is 1. The van der Waals surface area contributed by atoms with E-state index in [1.807, 2.05) is 45.2 Å². The van der Waals surface area contributed by atoms with Crippen LogP contribution in [0.5, 0.6) is 0 Å². The van der Waals surface area contributed by atoms with Crippen molar-refractivity contribution in [3.05, 3.63) is 22.4 Å². The van der Waals surface area contributed by atoms with Gasteiger partial charge in [-0.15, -0.1) is 11.3 Å². The van der Waals surface area contributed by atoms with Crippen molar-refractivity contribution in [3.8, 4) is 6.07 Å². The molecule has 1 atom stereocenters. The average Bonchev–Trinajstić information content (AvgIpc) is 2.78. The molecule has 0 saturated carbocycles. The first-order valence-electron chi connectivity index (χ1n) is 6.19. The number of carbonyl (C=O) groups excluding carboxylic acids is 1. The van der Waals surface area contributed by atoms with E-state index in [0.29, 0.717) is 6.54 Å². The lowest BCUT2D eigenvalue weighted by molar-refractivity contribution is -0.137. The van der Waals surface area contributed by atoms with Crippen LogP contribution < -0.4 is 0 Å². The Balaban J connectivity index is 2.85. The van der Waals surface area contributed by atoms with Gasteiger partial charge in [-0.05, 0) is 31.2 Å². The minimum atomic E-state index is -0.549. The van der Waals surface area contributed by atoms with E-state index >= 15 is 0 Å². The van der Waals surface area contributed by atoms with E-state index in [0.717, 1.165) is 4.88 Å². The predicted molar refractivity (Wildman–Crippen MR) is 73.9 cm³/mol. The SMILES string of the molecule is CC(C)C(C#N)C(=O)N(Cc1cccs1)C(C)C. The summed E-state index contributed by atoms with van der Waals surface area (Å²) in [5, 5.41) is 11.1. The Morgan fingerprint density at radius 2 is 2.11 bits per heavy atom. The van der Waals surface area contributed by atoms with Crippen molar-refractivity contribution in [2.75, 3.05) is 0 Å². The van der Waals surface area contributed by atoms with Crippen LogP contribution in [0.25, 0.3) is 0 Å². The van der Waals surface area contributed by atoms with E-state index in [2.05, 4.69) is 6.07 Å². The Bertz CT molecular complexity index is 418. The van der Waals surface area contributed by atoms with Gasteiger partial charge in [-0.3, -0.25) is 4.79 Å². The van der Waals surface area contributed by atoms with Crippen molar-refractivity contribution in [3.63, 3.8) is 0 Å². The Morgan fingerprint density at radius 3 is 2.50 bits per heavy atom. The summed E-state index contributed by atoms with van der Waals surface area (Å²) >= 11 is 1.64. The summed E-state index contributed by atoms with van der Waals surface area (Å²) in [7, 11) is 0. The van der Waals surface area contributed by atoms with Gasteiger partial charge >= 0.3 is 0 Å². The van der Waals surface area contributed by atoms with Gasteiger partial charge in [0.25, 0.3) is 0 Å². The second kappa shape index (κ2) is 6.55. The molecule has 0 bridgehead atoms. The van der Waals surface area contributed by atoms with Crippen LogP contribution in [0.2, 0.25) is 0 Å². The number of nitrogens with zero attached hydrogens (tertiary/aromatic N) is 2. The molecule has 0 aliphatic rings. The minimum Gasteiger partial charge on any atom is -0.334 e. The maximum absolute atomic E-state index is 12.4. The van der Waals surface area contributed by atoms with Crippen LogP contribution in [-0.2, 0) is 11.3 Å². The topological polar surface area (TPSA) is 44.1 Å². The lowest BCUT2D eigenvalue weighted by atomic mass is 9.95. The molecule has 4 heteroatoms. The highest BCUT2D eigenvalue weighted by atomic mass is 32.1. The molecule has 98 valence electrons. The molecule has 1 amide bonds. The third kappa shape index (κ3) is 3.58. The number of hydrogen-bond donors (Lipinski definition) is 0. The molecular formula is C14H20N2OS. The fourth-order valence-corrected chi connectivity index (χ4v) is 2.46. The summed E-state index contributed by atoms with van der Waals surface area (Å²) in [6.45, 7) is 8.39. The lowest BCUT2D eigenvalue weighted by Gasteiger charge is -2.29. The molecule has 0 radical (unpaired) electrons. The molecule has 0 aromatic carbocycles. The molecule has 18 heavy (non-hydrogen) atoms. The van der Waals surface area contributed by atoms with Crippen molar-refractivity contribution in [1.82, 2.24) is 4.90 Å². The highest BCUT2D eigenvalue weighted by Crippen LogP contribution is 2.19. The molecule has 0 aliphatic heterocycles. The van der Waals surface area contributed by atoms with E-state index in [9.17, 15) is 4.79 Å². The van der Waals surface area contributed by atoms with Gasteiger partial charge < -0.3 is 4.90 Å². The largest absolute Gasteiger partial charge is 0.334 e. The number of rotatable bonds is 5. The van der Waals surface area contributed by atoms with Gasteiger partial charge in [0.05, 0.1) is 12.6 Å². The summed E-state index contributed by atoms with van der Waals surface area (Å²) < 4.78 is 0. The zero-order valence-electron chi connectivity index (χ0n) is 11.4. The van der Waals surface area contributed by atoms with Gasteiger partial charge in [-0.25, -0.2) is 0 Å². The average molecular weight is 264 g/mol. The maximum Gasteiger partial charge on any atom is 0.240 e. The van der Waals surface area contributed by atoms with E-state index in [4.69, 9.17) is 5.26 Å². The summed E-state index contributed by atoms with van der Waals surface area (Å²) in [4.78, 5) is 15.3. The summed E-state index contributed by atoms with van der Waals surface area (Å²) in [6, 6.07) is 6.23. The maximum atomic E-state index is 12.4. The van der Waals surface area contributed by atoms with Crippen LogP contribution >= 0.6 is 11.3 Å². The Hall–Kier alpha value is -1.34. The molecule has 0 fully saturated rings. The molecule has 1 heterocycles. The molecule has 1 aromatic rings. The molecule has 1 aromatic heterocycles. The number of amides is 1. The minimum absolute atomic E-state index is 0.0482. The molecule has 1 rings (SSSR count). The highest BCUT2D eigenvalue weighted by Gasteiger charge is 2.28. The third-order valence-electron chi connectivity index (χ3n) is 2.88. The highest BCUT2D eigenvalue weighted by molar-refractivity contribution is 7.09. The Kier molecular flexibility index (Phi) is 5.36. The summed E-state index contributed by atoms with van der Waals surface area (Å²) in [6.07, 6.45) is 0. The fourth-order valence-electron chi connectivity index (χ4n) is 1.75. The molecule has 0 N–H and O–H groups in total. The molecule has 1 unspecified atom stereocenters. The van der Waals surface area contributed by atoms with E-state index in [1.165, 1.54) is 0 Å².